The van der Waals surface area contributed by atoms with Crippen LogP contribution in [0.3, 0.4) is 0 Å². The van der Waals surface area contributed by atoms with Crippen molar-refractivity contribution in [2.75, 3.05) is 37.6 Å². The molecule has 0 aromatic carbocycles. The molecule has 0 amide bonds. The van der Waals surface area contributed by atoms with Crippen molar-refractivity contribution in [3.05, 3.63) is 17.5 Å². The summed E-state index contributed by atoms with van der Waals surface area (Å²) in [5.41, 5.74) is 0. The molecule has 0 aliphatic carbocycles. The molecule has 4 nitrogen and oxygen atoms in total. The van der Waals surface area contributed by atoms with Crippen molar-refractivity contribution in [3.8, 4) is 0 Å². The maximum Gasteiger partial charge on any atom is 0.171 e. The topological polar surface area (TPSA) is 32.3 Å². The molecule has 3 heterocycles. The third-order valence-corrected chi connectivity index (χ3v) is 4.53. The molecule has 104 valence electrons. The van der Waals surface area contributed by atoms with E-state index in [-0.39, 0.29) is 0 Å². The van der Waals surface area contributed by atoms with Crippen LogP contribution in [0.4, 0.5) is 5.82 Å². The first-order valence-corrected chi connectivity index (χ1v) is 7.64. The van der Waals surface area contributed by atoms with Crippen LogP contribution in [0.15, 0.2) is 12.4 Å². The summed E-state index contributed by atoms with van der Waals surface area (Å²) >= 11 is 6.11. The van der Waals surface area contributed by atoms with Crippen molar-refractivity contribution in [3.63, 3.8) is 0 Å². The average Bonchev–Trinajstić information content (AvgIpc) is 2.93. The Morgan fingerprint density at radius 1 is 1.05 bits per heavy atom. The van der Waals surface area contributed by atoms with Crippen molar-refractivity contribution in [2.24, 2.45) is 5.92 Å². The van der Waals surface area contributed by atoms with Gasteiger partial charge in [0.05, 0.1) is 0 Å². The van der Waals surface area contributed by atoms with Crippen molar-refractivity contribution < 1.29 is 0 Å². The van der Waals surface area contributed by atoms with Crippen molar-refractivity contribution >= 4 is 17.4 Å². The Kier molecular flexibility index (Phi) is 4.18. The number of hydrogen-bond donors (Lipinski definition) is 0. The SMILES string of the molecule is Clc1nccnc1N1CCC(CN2CCCC2)CC1. The van der Waals surface area contributed by atoms with Gasteiger partial charge < -0.3 is 9.80 Å². The van der Waals surface area contributed by atoms with E-state index in [9.17, 15) is 0 Å². The fourth-order valence-electron chi connectivity index (χ4n) is 3.18. The fraction of sp³-hybridized carbons (Fsp3) is 0.714. The van der Waals surface area contributed by atoms with Crippen molar-refractivity contribution in [1.82, 2.24) is 14.9 Å². The highest BCUT2D eigenvalue weighted by Crippen LogP contribution is 2.26. The molecule has 1 aromatic rings. The van der Waals surface area contributed by atoms with E-state index in [0.717, 1.165) is 24.8 Å². The van der Waals surface area contributed by atoms with Crippen molar-refractivity contribution in [1.29, 1.82) is 0 Å². The number of halogens is 1. The summed E-state index contributed by atoms with van der Waals surface area (Å²) in [5, 5.41) is 0.528. The Balaban J connectivity index is 1.53. The lowest BCUT2D eigenvalue weighted by molar-refractivity contribution is 0.249. The summed E-state index contributed by atoms with van der Waals surface area (Å²) < 4.78 is 0. The van der Waals surface area contributed by atoms with Crippen LogP contribution >= 0.6 is 11.6 Å². The molecule has 1 aromatic heterocycles. The number of anilines is 1. The van der Waals surface area contributed by atoms with E-state index in [1.165, 1.54) is 45.3 Å². The maximum absolute atomic E-state index is 6.11. The van der Waals surface area contributed by atoms with Crippen LogP contribution in [0, 0.1) is 5.92 Å². The predicted molar refractivity (Wildman–Crippen MR) is 77.7 cm³/mol. The van der Waals surface area contributed by atoms with Crippen LogP contribution < -0.4 is 4.90 Å². The summed E-state index contributed by atoms with van der Waals surface area (Å²) in [7, 11) is 0. The number of piperidine rings is 1. The minimum Gasteiger partial charge on any atom is -0.354 e. The second-order valence-corrected chi connectivity index (χ2v) is 5.97. The average molecular weight is 281 g/mol. The van der Waals surface area contributed by atoms with Gasteiger partial charge in [0.1, 0.15) is 0 Å². The summed E-state index contributed by atoms with van der Waals surface area (Å²) in [6, 6.07) is 0. The zero-order valence-corrected chi connectivity index (χ0v) is 12.0. The maximum atomic E-state index is 6.11. The van der Waals surface area contributed by atoms with E-state index in [4.69, 9.17) is 11.6 Å². The molecule has 0 radical (unpaired) electrons. The lowest BCUT2D eigenvalue weighted by Crippen LogP contribution is -2.38. The number of aromatic nitrogens is 2. The van der Waals surface area contributed by atoms with Crippen LogP contribution in [0.1, 0.15) is 25.7 Å². The second-order valence-electron chi connectivity index (χ2n) is 5.61. The minimum atomic E-state index is 0.528. The molecular weight excluding hydrogens is 260 g/mol. The largest absolute Gasteiger partial charge is 0.354 e. The highest BCUT2D eigenvalue weighted by molar-refractivity contribution is 6.31. The zero-order valence-electron chi connectivity index (χ0n) is 11.3. The van der Waals surface area contributed by atoms with Gasteiger partial charge >= 0.3 is 0 Å². The number of nitrogens with zero attached hydrogens (tertiary/aromatic N) is 4. The molecule has 5 heteroatoms. The minimum absolute atomic E-state index is 0.528. The predicted octanol–water partition coefficient (Wildman–Crippen LogP) is 2.44. The lowest BCUT2D eigenvalue weighted by atomic mass is 9.96. The highest BCUT2D eigenvalue weighted by atomic mass is 35.5. The smallest absolute Gasteiger partial charge is 0.171 e. The van der Waals surface area contributed by atoms with E-state index >= 15 is 0 Å². The van der Waals surface area contributed by atoms with Gasteiger partial charge in [-0.2, -0.15) is 0 Å². The Bertz CT molecular complexity index is 412. The molecule has 0 saturated carbocycles. The molecule has 19 heavy (non-hydrogen) atoms. The molecule has 2 saturated heterocycles. The van der Waals surface area contributed by atoms with Gasteiger partial charge in [0, 0.05) is 32.0 Å². The monoisotopic (exact) mass is 280 g/mol. The van der Waals surface area contributed by atoms with Crippen molar-refractivity contribution in [2.45, 2.75) is 25.7 Å². The van der Waals surface area contributed by atoms with Gasteiger partial charge in [-0.15, -0.1) is 0 Å². The lowest BCUT2D eigenvalue weighted by Gasteiger charge is -2.34. The quantitative estimate of drug-likeness (QED) is 0.851. The van der Waals surface area contributed by atoms with Gasteiger partial charge in [-0.05, 0) is 44.7 Å². The third-order valence-electron chi connectivity index (χ3n) is 4.27. The molecule has 3 rings (SSSR count). The van der Waals surface area contributed by atoms with Gasteiger partial charge in [0.25, 0.3) is 0 Å². The van der Waals surface area contributed by atoms with Gasteiger partial charge in [0.2, 0.25) is 0 Å². The molecule has 0 atom stereocenters. The molecule has 0 N–H and O–H groups in total. The molecule has 0 unspecified atom stereocenters. The van der Waals surface area contributed by atoms with Gasteiger partial charge in [-0.25, -0.2) is 9.97 Å². The summed E-state index contributed by atoms with van der Waals surface area (Å²) in [4.78, 5) is 13.4. The van der Waals surface area contributed by atoms with E-state index < -0.39 is 0 Å². The fourth-order valence-corrected chi connectivity index (χ4v) is 3.41. The first kappa shape index (κ1) is 13.1. The van der Waals surface area contributed by atoms with Crippen LogP contribution in [0.25, 0.3) is 0 Å². The van der Waals surface area contributed by atoms with E-state index in [1.54, 1.807) is 12.4 Å². The summed E-state index contributed by atoms with van der Waals surface area (Å²) in [6.45, 7) is 5.99. The number of hydrogen-bond acceptors (Lipinski definition) is 4. The number of likely N-dealkylation sites (tertiary alicyclic amines) is 1. The Hall–Kier alpha value is -0.870. The number of rotatable bonds is 3. The molecule has 2 fully saturated rings. The van der Waals surface area contributed by atoms with Crippen LogP contribution in [-0.2, 0) is 0 Å². The Labute approximate surface area is 119 Å². The van der Waals surface area contributed by atoms with Gasteiger partial charge in [-0.3, -0.25) is 0 Å². The van der Waals surface area contributed by atoms with Crippen LogP contribution in [-0.4, -0.2) is 47.6 Å². The van der Waals surface area contributed by atoms with Crippen LogP contribution in [0.2, 0.25) is 5.15 Å². The summed E-state index contributed by atoms with van der Waals surface area (Å²) in [6.07, 6.45) is 8.61. The Morgan fingerprint density at radius 2 is 1.74 bits per heavy atom. The first-order chi connectivity index (χ1) is 9.33. The summed E-state index contributed by atoms with van der Waals surface area (Å²) in [5.74, 6) is 1.69. The molecule has 0 spiro atoms. The van der Waals surface area contributed by atoms with E-state index in [1.807, 2.05) is 0 Å². The zero-order chi connectivity index (χ0) is 13.1. The second kappa shape index (κ2) is 6.06. The van der Waals surface area contributed by atoms with Gasteiger partial charge in [-0.1, -0.05) is 11.6 Å². The normalized spacial score (nSPS) is 22.1. The van der Waals surface area contributed by atoms with E-state index in [0.29, 0.717) is 5.15 Å². The highest BCUT2D eigenvalue weighted by Gasteiger charge is 2.24. The molecule has 2 aliphatic rings. The molecule has 2 aliphatic heterocycles. The third kappa shape index (κ3) is 3.18. The molecular formula is C14H21ClN4. The first-order valence-electron chi connectivity index (χ1n) is 7.27. The molecule has 0 bridgehead atoms. The Morgan fingerprint density at radius 3 is 2.42 bits per heavy atom. The van der Waals surface area contributed by atoms with Gasteiger partial charge in [0.15, 0.2) is 11.0 Å². The van der Waals surface area contributed by atoms with E-state index in [2.05, 4.69) is 19.8 Å². The standard InChI is InChI=1S/C14H21ClN4/c15-13-14(17-6-5-16-13)19-9-3-12(4-10-19)11-18-7-1-2-8-18/h5-6,12H,1-4,7-11H2. The van der Waals surface area contributed by atoms with Crippen LogP contribution in [0.5, 0.6) is 0 Å².